The molecule has 2 N–H and O–H groups in total. The van der Waals surface area contributed by atoms with Crippen molar-refractivity contribution < 1.29 is 0 Å². The van der Waals surface area contributed by atoms with Crippen LogP contribution in [0.1, 0.15) is 11.1 Å². The quantitative estimate of drug-likeness (QED) is 0.128. The first-order chi connectivity index (χ1) is 31.6. The second-order valence-electron chi connectivity index (χ2n) is 16.1. The minimum absolute atomic E-state index is 1.00. The largest absolute Gasteiger partial charge is 0.354 e. The van der Waals surface area contributed by atoms with Crippen molar-refractivity contribution in [3.63, 3.8) is 0 Å². The molecular formula is C60H48N4. The lowest BCUT2D eigenvalue weighted by Crippen LogP contribution is -2.15. The minimum Gasteiger partial charge on any atom is -0.354 e. The standard InChI is InChI=1S/C60H48N4/c1-43-21-15-19-33-53(43)61-55-41-47(45-23-7-3-8-24-45)35-37-59(55)63(49-27-11-5-12-28-49)57-39-40-58(52-32-18-17-31-51(52)57)64(50-29-13-6-14-30-50)60-38-36-48(46-25-9-4-10-26-46)42-56(60)62-54-34-20-16-22-44(54)2/h3-42,61-62H,1-2H3. The zero-order valence-electron chi connectivity index (χ0n) is 36.0. The Labute approximate surface area is 376 Å². The van der Waals surface area contributed by atoms with E-state index in [0.29, 0.717) is 0 Å². The van der Waals surface area contributed by atoms with Crippen LogP contribution in [-0.4, -0.2) is 0 Å². The van der Waals surface area contributed by atoms with E-state index in [0.717, 1.165) is 89.9 Å². The van der Waals surface area contributed by atoms with Crippen LogP contribution in [0.15, 0.2) is 243 Å². The lowest BCUT2D eigenvalue weighted by Gasteiger charge is -2.32. The molecule has 64 heavy (non-hydrogen) atoms. The number of anilines is 10. The first kappa shape index (κ1) is 39.8. The molecule has 0 saturated heterocycles. The minimum atomic E-state index is 1.00. The monoisotopic (exact) mass is 824 g/mol. The van der Waals surface area contributed by atoms with E-state index in [4.69, 9.17) is 0 Å². The molecule has 10 aromatic carbocycles. The Balaban J connectivity index is 1.18. The molecule has 0 amide bonds. The van der Waals surface area contributed by atoms with Crippen molar-refractivity contribution in [1.82, 2.24) is 0 Å². The summed E-state index contributed by atoms with van der Waals surface area (Å²) < 4.78 is 0. The highest BCUT2D eigenvalue weighted by molar-refractivity contribution is 6.09. The summed E-state index contributed by atoms with van der Waals surface area (Å²) in [5.41, 5.74) is 17.4. The van der Waals surface area contributed by atoms with Crippen molar-refractivity contribution in [1.29, 1.82) is 0 Å². The van der Waals surface area contributed by atoms with E-state index in [1.807, 2.05) is 0 Å². The van der Waals surface area contributed by atoms with Gasteiger partial charge >= 0.3 is 0 Å². The SMILES string of the molecule is Cc1ccccc1Nc1cc(-c2ccccc2)ccc1N(c1ccccc1)c1ccc(N(c2ccccc2)c2ccc(-c3ccccc3)cc2Nc2ccccc2C)c2ccccc12. The summed E-state index contributed by atoms with van der Waals surface area (Å²) in [5.74, 6) is 0. The number of hydrogen-bond donors (Lipinski definition) is 2. The highest BCUT2D eigenvalue weighted by Gasteiger charge is 2.24. The second kappa shape index (κ2) is 17.9. The van der Waals surface area contributed by atoms with Gasteiger partial charge in [-0.3, -0.25) is 0 Å². The number of rotatable bonds is 12. The topological polar surface area (TPSA) is 30.5 Å². The molecule has 0 aromatic heterocycles. The number of hydrogen-bond acceptors (Lipinski definition) is 4. The van der Waals surface area contributed by atoms with Crippen LogP contribution in [0.25, 0.3) is 33.0 Å². The molecule has 0 aliphatic heterocycles. The van der Waals surface area contributed by atoms with Crippen molar-refractivity contribution in [3.05, 3.63) is 254 Å². The molecule has 0 unspecified atom stereocenters. The van der Waals surface area contributed by atoms with Crippen LogP contribution in [0, 0.1) is 13.8 Å². The average molecular weight is 825 g/mol. The fourth-order valence-electron chi connectivity index (χ4n) is 8.63. The molecule has 0 fully saturated rings. The number of fused-ring (bicyclic) bond motifs is 1. The highest BCUT2D eigenvalue weighted by Crippen LogP contribution is 2.49. The van der Waals surface area contributed by atoms with Crippen molar-refractivity contribution in [2.45, 2.75) is 13.8 Å². The zero-order chi connectivity index (χ0) is 43.2. The molecule has 0 atom stereocenters. The van der Waals surface area contributed by atoms with Crippen LogP contribution >= 0.6 is 0 Å². The van der Waals surface area contributed by atoms with Gasteiger partial charge in [-0.15, -0.1) is 0 Å². The van der Waals surface area contributed by atoms with Crippen LogP contribution in [0.3, 0.4) is 0 Å². The Morgan fingerprint density at radius 1 is 0.266 bits per heavy atom. The fraction of sp³-hybridized carbons (Fsp3) is 0.0333. The Morgan fingerprint density at radius 2 is 0.594 bits per heavy atom. The third-order valence-electron chi connectivity index (χ3n) is 11.9. The van der Waals surface area contributed by atoms with Gasteiger partial charge < -0.3 is 20.4 Å². The third-order valence-corrected chi connectivity index (χ3v) is 11.9. The van der Waals surface area contributed by atoms with Crippen LogP contribution in [-0.2, 0) is 0 Å². The summed E-state index contributed by atoms with van der Waals surface area (Å²) in [6.45, 7) is 4.31. The Bertz CT molecular complexity index is 2970. The summed E-state index contributed by atoms with van der Waals surface area (Å²) in [7, 11) is 0. The molecule has 4 heteroatoms. The van der Waals surface area contributed by atoms with E-state index in [1.165, 1.54) is 11.1 Å². The summed E-state index contributed by atoms with van der Waals surface area (Å²) in [6.07, 6.45) is 0. The van der Waals surface area contributed by atoms with E-state index in [-0.39, 0.29) is 0 Å². The number of benzene rings is 10. The van der Waals surface area contributed by atoms with Crippen LogP contribution < -0.4 is 20.4 Å². The lowest BCUT2D eigenvalue weighted by atomic mass is 10.00. The molecule has 0 radical (unpaired) electrons. The highest BCUT2D eigenvalue weighted by atomic mass is 15.2. The van der Waals surface area contributed by atoms with Crippen molar-refractivity contribution in [2.75, 3.05) is 20.4 Å². The summed E-state index contributed by atoms with van der Waals surface area (Å²) >= 11 is 0. The fourth-order valence-corrected chi connectivity index (χ4v) is 8.63. The maximum Gasteiger partial charge on any atom is 0.0697 e. The van der Waals surface area contributed by atoms with Gasteiger partial charge in [0.05, 0.1) is 34.1 Å². The van der Waals surface area contributed by atoms with Gasteiger partial charge in [-0.05, 0) is 120 Å². The molecule has 10 aromatic rings. The van der Waals surface area contributed by atoms with E-state index in [1.54, 1.807) is 0 Å². The van der Waals surface area contributed by atoms with Gasteiger partial charge in [-0.25, -0.2) is 0 Å². The molecule has 308 valence electrons. The van der Waals surface area contributed by atoms with Crippen molar-refractivity contribution >= 4 is 67.6 Å². The Morgan fingerprint density at radius 3 is 0.984 bits per heavy atom. The summed E-state index contributed by atoms with van der Waals surface area (Å²) in [5, 5.41) is 10.00. The maximum atomic E-state index is 3.88. The normalized spacial score (nSPS) is 11.0. The van der Waals surface area contributed by atoms with Gasteiger partial charge in [0.15, 0.2) is 0 Å². The van der Waals surface area contributed by atoms with Gasteiger partial charge in [0.1, 0.15) is 0 Å². The zero-order valence-corrected chi connectivity index (χ0v) is 36.0. The number of aryl methyl sites for hydroxylation is 2. The predicted octanol–water partition coefficient (Wildman–Crippen LogP) is 17.2. The third kappa shape index (κ3) is 8.09. The van der Waals surface area contributed by atoms with E-state index >= 15 is 0 Å². The van der Waals surface area contributed by atoms with E-state index in [9.17, 15) is 0 Å². The number of para-hydroxylation sites is 4. The Hall–Kier alpha value is -8.34. The van der Waals surface area contributed by atoms with Gasteiger partial charge in [0.2, 0.25) is 0 Å². The van der Waals surface area contributed by atoms with Gasteiger partial charge in [-0.2, -0.15) is 0 Å². The molecule has 0 aliphatic rings. The Kier molecular flexibility index (Phi) is 11.2. The molecule has 0 heterocycles. The maximum absolute atomic E-state index is 3.88. The van der Waals surface area contributed by atoms with Crippen molar-refractivity contribution in [3.8, 4) is 22.3 Å². The van der Waals surface area contributed by atoms with Crippen LogP contribution in [0.4, 0.5) is 56.9 Å². The second-order valence-corrected chi connectivity index (χ2v) is 16.1. The molecule has 0 spiro atoms. The first-order valence-electron chi connectivity index (χ1n) is 21.9. The lowest BCUT2D eigenvalue weighted by molar-refractivity contribution is 1.27. The molecular weight excluding hydrogens is 777 g/mol. The van der Waals surface area contributed by atoms with Gasteiger partial charge in [0.25, 0.3) is 0 Å². The average Bonchev–Trinajstić information content (AvgIpc) is 3.35. The molecule has 0 bridgehead atoms. The molecule has 0 saturated carbocycles. The summed E-state index contributed by atoms with van der Waals surface area (Å²) in [6, 6.07) is 86.5. The number of nitrogens with zero attached hydrogens (tertiary/aromatic N) is 2. The van der Waals surface area contributed by atoms with Gasteiger partial charge in [0, 0.05) is 33.5 Å². The molecule has 10 rings (SSSR count). The first-order valence-corrected chi connectivity index (χ1v) is 21.9. The molecule has 0 aliphatic carbocycles. The summed E-state index contributed by atoms with van der Waals surface area (Å²) in [4.78, 5) is 4.79. The smallest absolute Gasteiger partial charge is 0.0697 e. The van der Waals surface area contributed by atoms with Crippen molar-refractivity contribution in [2.24, 2.45) is 0 Å². The van der Waals surface area contributed by atoms with E-state index < -0.39 is 0 Å². The van der Waals surface area contributed by atoms with E-state index in [2.05, 4.69) is 277 Å². The van der Waals surface area contributed by atoms with Gasteiger partial charge in [-0.1, -0.05) is 170 Å². The molecule has 4 nitrogen and oxygen atoms in total. The van der Waals surface area contributed by atoms with Crippen LogP contribution in [0.2, 0.25) is 0 Å². The predicted molar refractivity (Wildman–Crippen MR) is 273 cm³/mol. The number of nitrogens with one attached hydrogen (secondary N) is 2. The van der Waals surface area contributed by atoms with Crippen LogP contribution in [0.5, 0.6) is 0 Å².